The Labute approximate surface area is 125 Å². The molecule has 0 radical (unpaired) electrons. The molecular weight excluding hydrogens is 304 g/mol. The molecular formula is C12H13ClN2O6. The number of ether oxygens (including phenoxy) is 1. The van der Waals surface area contributed by atoms with E-state index in [1.165, 1.54) is 19.2 Å². The van der Waals surface area contributed by atoms with Gasteiger partial charge >= 0.3 is 5.97 Å². The van der Waals surface area contributed by atoms with E-state index < -0.39 is 29.0 Å². The first-order valence-corrected chi connectivity index (χ1v) is 6.19. The molecule has 1 amide bonds. The fourth-order valence-electron chi connectivity index (χ4n) is 1.61. The van der Waals surface area contributed by atoms with Crippen molar-refractivity contribution >= 4 is 29.2 Å². The lowest BCUT2D eigenvalue weighted by atomic mass is 10.1. The highest BCUT2D eigenvalue weighted by Gasteiger charge is 2.24. The van der Waals surface area contributed by atoms with Gasteiger partial charge in [0.2, 0.25) is 0 Å². The molecule has 0 saturated heterocycles. The molecule has 9 heteroatoms. The highest BCUT2D eigenvalue weighted by atomic mass is 35.5. The Bertz CT molecular complexity index is 563. The molecule has 0 bridgehead atoms. The van der Waals surface area contributed by atoms with Crippen molar-refractivity contribution in [1.82, 2.24) is 4.90 Å². The highest BCUT2D eigenvalue weighted by molar-refractivity contribution is 6.35. The molecule has 8 nitrogen and oxygen atoms in total. The van der Waals surface area contributed by atoms with Crippen LogP contribution in [0.4, 0.5) is 5.69 Å². The molecule has 0 spiro atoms. The predicted octanol–water partition coefficient (Wildman–Crippen LogP) is 1.42. The van der Waals surface area contributed by atoms with E-state index in [1.807, 2.05) is 0 Å². The molecule has 1 rings (SSSR count). The second-order valence-corrected chi connectivity index (χ2v) is 4.39. The molecule has 114 valence electrons. The number of methoxy groups -OCH3 is 1. The van der Waals surface area contributed by atoms with Gasteiger partial charge in [-0.2, -0.15) is 0 Å². The molecule has 0 fully saturated rings. The predicted molar refractivity (Wildman–Crippen MR) is 73.5 cm³/mol. The Morgan fingerprint density at radius 1 is 1.48 bits per heavy atom. The number of benzene rings is 1. The lowest BCUT2D eigenvalue weighted by Gasteiger charge is -2.20. The quantitative estimate of drug-likeness (QED) is 0.601. The molecule has 1 N–H and O–H groups in total. The Kier molecular flexibility index (Phi) is 6.07. The summed E-state index contributed by atoms with van der Waals surface area (Å²) in [7, 11) is 1.41. The van der Waals surface area contributed by atoms with Gasteiger partial charge in [0.25, 0.3) is 11.6 Å². The van der Waals surface area contributed by atoms with E-state index in [4.69, 9.17) is 21.4 Å². The number of nitrogens with zero attached hydrogens (tertiary/aromatic N) is 2. The van der Waals surface area contributed by atoms with Crippen LogP contribution in [0.25, 0.3) is 0 Å². The number of carbonyl (C=O) groups is 2. The lowest BCUT2D eigenvalue weighted by Crippen LogP contribution is -2.38. The van der Waals surface area contributed by atoms with Crippen LogP contribution >= 0.6 is 11.6 Å². The molecule has 1 aromatic carbocycles. The molecule has 0 aromatic heterocycles. The van der Waals surface area contributed by atoms with E-state index in [1.54, 1.807) is 0 Å². The summed E-state index contributed by atoms with van der Waals surface area (Å²) >= 11 is 5.85. The topological polar surface area (TPSA) is 110 Å². The summed E-state index contributed by atoms with van der Waals surface area (Å²) in [5.41, 5.74) is -0.534. The summed E-state index contributed by atoms with van der Waals surface area (Å²) in [5.74, 6) is -1.91. The summed E-state index contributed by atoms with van der Waals surface area (Å²) in [5, 5.41) is 19.3. The van der Waals surface area contributed by atoms with Gasteiger partial charge in [-0.25, -0.2) is 0 Å². The van der Waals surface area contributed by atoms with Gasteiger partial charge in [-0.1, -0.05) is 17.7 Å². The first kappa shape index (κ1) is 16.9. The van der Waals surface area contributed by atoms with Gasteiger partial charge in [0.1, 0.15) is 11.6 Å². The number of nitro benzene ring substituents is 1. The van der Waals surface area contributed by atoms with Gasteiger partial charge in [0.15, 0.2) is 0 Å². The fourth-order valence-corrected chi connectivity index (χ4v) is 1.89. The van der Waals surface area contributed by atoms with E-state index in [0.29, 0.717) is 0 Å². The summed E-state index contributed by atoms with van der Waals surface area (Å²) in [6, 6.07) is 3.78. The minimum Gasteiger partial charge on any atom is -0.480 e. The minimum atomic E-state index is -1.21. The van der Waals surface area contributed by atoms with Crippen molar-refractivity contribution in [2.75, 3.05) is 26.8 Å². The number of nitro groups is 1. The number of aliphatic carboxylic acids is 1. The Morgan fingerprint density at radius 2 is 2.14 bits per heavy atom. The zero-order valence-electron chi connectivity index (χ0n) is 11.1. The fraction of sp³-hybridized carbons (Fsp3) is 0.333. The van der Waals surface area contributed by atoms with Crippen molar-refractivity contribution in [2.45, 2.75) is 0 Å². The number of carbonyl (C=O) groups excluding carboxylic acids is 1. The van der Waals surface area contributed by atoms with Crippen LogP contribution < -0.4 is 0 Å². The van der Waals surface area contributed by atoms with Crippen molar-refractivity contribution in [2.24, 2.45) is 0 Å². The Morgan fingerprint density at radius 3 is 2.67 bits per heavy atom. The van der Waals surface area contributed by atoms with Gasteiger partial charge in [0.05, 0.1) is 17.1 Å². The average Bonchev–Trinajstić information content (AvgIpc) is 2.42. The van der Waals surface area contributed by atoms with Gasteiger partial charge in [0, 0.05) is 19.7 Å². The monoisotopic (exact) mass is 316 g/mol. The maximum absolute atomic E-state index is 12.3. The molecule has 0 aliphatic rings. The maximum atomic E-state index is 12.3. The second kappa shape index (κ2) is 7.55. The number of hydrogen-bond acceptors (Lipinski definition) is 5. The third kappa shape index (κ3) is 4.40. The van der Waals surface area contributed by atoms with Crippen LogP contribution in [0, 0.1) is 10.1 Å². The zero-order chi connectivity index (χ0) is 16.0. The van der Waals surface area contributed by atoms with E-state index >= 15 is 0 Å². The average molecular weight is 317 g/mol. The van der Waals surface area contributed by atoms with Crippen LogP contribution in [-0.2, 0) is 9.53 Å². The number of hydrogen-bond donors (Lipinski definition) is 1. The maximum Gasteiger partial charge on any atom is 0.323 e. The van der Waals surface area contributed by atoms with E-state index in [-0.39, 0.29) is 23.7 Å². The molecule has 0 aliphatic carbocycles. The first-order chi connectivity index (χ1) is 9.88. The lowest BCUT2D eigenvalue weighted by molar-refractivity contribution is -0.384. The van der Waals surface area contributed by atoms with Crippen molar-refractivity contribution in [3.8, 4) is 0 Å². The SMILES string of the molecule is COCCN(CC(=O)O)C(=O)c1cccc([N+](=O)[O-])c1Cl. The second-order valence-electron chi connectivity index (χ2n) is 4.01. The molecule has 0 heterocycles. The van der Waals surface area contributed by atoms with Gasteiger partial charge < -0.3 is 14.7 Å². The highest BCUT2D eigenvalue weighted by Crippen LogP contribution is 2.28. The summed E-state index contributed by atoms with van der Waals surface area (Å²) in [6.45, 7) is -0.395. The number of carboxylic acids is 1. The van der Waals surface area contributed by atoms with E-state index in [9.17, 15) is 19.7 Å². The molecule has 0 atom stereocenters. The van der Waals surface area contributed by atoms with Crippen LogP contribution in [0.2, 0.25) is 5.02 Å². The first-order valence-electron chi connectivity index (χ1n) is 5.81. The van der Waals surface area contributed by atoms with Gasteiger partial charge in [-0.3, -0.25) is 19.7 Å². The smallest absolute Gasteiger partial charge is 0.323 e. The summed E-state index contributed by atoms with van der Waals surface area (Å²) in [4.78, 5) is 34.2. The van der Waals surface area contributed by atoms with Crippen LogP contribution in [0.5, 0.6) is 0 Å². The summed E-state index contributed by atoms with van der Waals surface area (Å²) < 4.78 is 4.80. The largest absolute Gasteiger partial charge is 0.480 e. The molecule has 0 unspecified atom stereocenters. The zero-order valence-corrected chi connectivity index (χ0v) is 11.9. The number of halogens is 1. The summed E-state index contributed by atoms with van der Waals surface area (Å²) in [6.07, 6.45) is 0. The minimum absolute atomic E-state index is 0.0284. The third-order valence-corrected chi connectivity index (χ3v) is 2.98. The van der Waals surface area contributed by atoms with Crippen LogP contribution in [0.1, 0.15) is 10.4 Å². The van der Waals surface area contributed by atoms with Crippen LogP contribution in [0.3, 0.4) is 0 Å². The van der Waals surface area contributed by atoms with Crippen molar-refractivity contribution in [1.29, 1.82) is 0 Å². The van der Waals surface area contributed by atoms with Crippen LogP contribution in [-0.4, -0.2) is 53.6 Å². The molecule has 0 aliphatic heterocycles. The van der Waals surface area contributed by atoms with Crippen molar-refractivity contribution in [3.63, 3.8) is 0 Å². The molecule has 21 heavy (non-hydrogen) atoms. The van der Waals surface area contributed by atoms with E-state index in [2.05, 4.69) is 0 Å². The Balaban J connectivity index is 3.11. The molecule has 1 aromatic rings. The standard InChI is InChI=1S/C12H13ClN2O6/c1-21-6-5-14(7-10(16)17)12(18)8-3-2-4-9(11(8)13)15(19)20/h2-4H,5-7H2,1H3,(H,16,17). The van der Waals surface area contributed by atoms with Crippen molar-refractivity contribution in [3.05, 3.63) is 38.9 Å². The third-order valence-electron chi connectivity index (χ3n) is 2.58. The van der Waals surface area contributed by atoms with Gasteiger partial charge in [-0.05, 0) is 6.07 Å². The van der Waals surface area contributed by atoms with Crippen molar-refractivity contribution < 1.29 is 24.4 Å². The normalized spacial score (nSPS) is 10.2. The number of rotatable bonds is 7. The molecule has 0 saturated carbocycles. The van der Waals surface area contributed by atoms with Gasteiger partial charge in [-0.15, -0.1) is 0 Å². The Hall–Kier alpha value is -2.19. The van der Waals surface area contributed by atoms with E-state index in [0.717, 1.165) is 11.0 Å². The van der Waals surface area contributed by atoms with Crippen LogP contribution in [0.15, 0.2) is 18.2 Å². The number of amides is 1. The number of carboxylic acid groups (broad SMARTS) is 1.